The van der Waals surface area contributed by atoms with E-state index >= 15 is 0 Å². The summed E-state index contributed by atoms with van der Waals surface area (Å²) in [6, 6.07) is 0. The Kier molecular flexibility index (Phi) is 24.9. The molecular weight excluding hydrogens is 737 g/mol. The van der Waals surface area contributed by atoms with Gasteiger partial charge in [-0.05, 0) is 162 Å². The lowest BCUT2D eigenvalue weighted by Crippen LogP contribution is -2.43. The molecule has 0 aromatic heterocycles. The van der Waals surface area contributed by atoms with E-state index in [0.717, 1.165) is 69.8 Å². The van der Waals surface area contributed by atoms with Crippen LogP contribution in [0.5, 0.6) is 0 Å². The summed E-state index contributed by atoms with van der Waals surface area (Å²) in [6.07, 6.45) is 29.2. The quantitative estimate of drug-likeness (QED) is 0.0345. The Hall–Kier alpha value is -3.26. The minimum atomic E-state index is -1.02. The van der Waals surface area contributed by atoms with Crippen LogP contribution in [0.4, 0.5) is 0 Å². The third-order valence-corrected chi connectivity index (χ3v) is 12.0. The molecule has 0 aromatic rings. The van der Waals surface area contributed by atoms with Crippen LogP contribution in [0.2, 0.25) is 0 Å². The average molecular weight is 819 g/mol. The predicted octanol–water partition coefficient (Wildman–Crippen LogP) is 12.5. The standard InChI is InChI=1S/C52H82O7/c1-11-41(8)52(57)59-49-34-46(54)32-44-29-28-42(9)48(51(44)49)31-30-45(53)33-47(55)35-50(56)58-43(10)27-17-26-40(7)25-16-23-38(5)20-13-12-19-37(4)22-15-24-39(6)21-14-18-36(2)3/h18-20,24-25,27-29,32,41-42,45-49,51,53-55H,11-17,21-23,26,30-31,33-35H2,1-10H3/b37-19+,38-20+,39-24+,40-25+,43-27+/t41-,42-,45+,46+,47+,48-,49-,51-/m0/s1. The predicted molar refractivity (Wildman–Crippen MR) is 244 cm³/mol. The number of carbonyl (C=O) groups is 2. The van der Waals surface area contributed by atoms with Crippen molar-refractivity contribution >= 4 is 11.9 Å². The summed E-state index contributed by atoms with van der Waals surface area (Å²) in [5.74, 6) is -0.239. The van der Waals surface area contributed by atoms with Gasteiger partial charge in [0.2, 0.25) is 0 Å². The Morgan fingerprint density at radius 1 is 0.780 bits per heavy atom. The summed E-state index contributed by atoms with van der Waals surface area (Å²) < 4.78 is 11.4. The van der Waals surface area contributed by atoms with Crippen molar-refractivity contribution in [2.45, 2.75) is 196 Å². The summed E-state index contributed by atoms with van der Waals surface area (Å²) >= 11 is 0. The van der Waals surface area contributed by atoms with E-state index in [1.54, 1.807) is 6.92 Å². The van der Waals surface area contributed by atoms with E-state index in [-0.39, 0.29) is 42.5 Å². The molecule has 3 N–H and O–H groups in total. The van der Waals surface area contributed by atoms with Gasteiger partial charge in [-0.25, -0.2) is 0 Å². The highest BCUT2D eigenvalue weighted by Crippen LogP contribution is 2.44. The van der Waals surface area contributed by atoms with Gasteiger partial charge in [-0.15, -0.1) is 0 Å². The monoisotopic (exact) mass is 819 g/mol. The molecule has 0 aromatic carbocycles. The van der Waals surface area contributed by atoms with Gasteiger partial charge < -0.3 is 24.8 Å². The molecule has 0 radical (unpaired) electrons. The van der Waals surface area contributed by atoms with Gasteiger partial charge in [-0.1, -0.05) is 97.2 Å². The van der Waals surface area contributed by atoms with Crippen LogP contribution in [0.25, 0.3) is 0 Å². The van der Waals surface area contributed by atoms with Crippen LogP contribution in [0.1, 0.15) is 172 Å². The number of rotatable bonds is 26. The molecule has 8 atom stereocenters. The van der Waals surface area contributed by atoms with E-state index in [4.69, 9.17) is 9.47 Å². The lowest BCUT2D eigenvalue weighted by molar-refractivity contribution is -0.159. The molecule has 7 nitrogen and oxygen atoms in total. The van der Waals surface area contributed by atoms with Crippen LogP contribution in [0, 0.1) is 23.7 Å². The maximum atomic E-state index is 12.7. The van der Waals surface area contributed by atoms with E-state index in [9.17, 15) is 24.9 Å². The number of aliphatic hydroxyl groups excluding tert-OH is 3. The van der Waals surface area contributed by atoms with Crippen LogP contribution < -0.4 is 0 Å². The first kappa shape index (κ1) is 51.9. The smallest absolute Gasteiger partial charge is 0.313 e. The molecule has 0 aliphatic heterocycles. The fraction of sp³-hybridized carbons (Fsp3) is 0.654. The maximum Gasteiger partial charge on any atom is 0.313 e. The molecule has 0 saturated carbocycles. The van der Waals surface area contributed by atoms with Crippen molar-refractivity contribution in [2.24, 2.45) is 23.7 Å². The summed E-state index contributed by atoms with van der Waals surface area (Å²) in [6.45, 7) is 20.9. The molecule has 0 saturated heterocycles. The van der Waals surface area contributed by atoms with Crippen LogP contribution in [0.3, 0.4) is 0 Å². The van der Waals surface area contributed by atoms with Crippen molar-refractivity contribution < 1.29 is 34.4 Å². The van der Waals surface area contributed by atoms with Gasteiger partial charge in [0.1, 0.15) is 11.9 Å². The number of fused-ring (bicyclic) bond motifs is 1. The topological polar surface area (TPSA) is 113 Å². The van der Waals surface area contributed by atoms with Crippen LogP contribution in [-0.2, 0) is 19.1 Å². The Morgan fingerprint density at radius 2 is 1.31 bits per heavy atom. The van der Waals surface area contributed by atoms with Gasteiger partial charge in [0.15, 0.2) is 0 Å². The third-order valence-electron chi connectivity index (χ3n) is 12.0. The van der Waals surface area contributed by atoms with Crippen molar-refractivity contribution in [1.29, 1.82) is 0 Å². The first-order valence-electron chi connectivity index (χ1n) is 22.8. The number of hydrogen-bond donors (Lipinski definition) is 3. The molecule has 2 aliphatic rings. The normalized spacial score (nSPS) is 23.2. The molecule has 7 heteroatoms. The Bertz CT molecular complexity index is 1550. The van der Waals surface area contributed by atoms with Gasteiger partial charge in [-0.2, -0.15) is 0 Å². The molecule has 0 spiro atoms. The van der Waals surface area contributed by atoms with Gasteiger partial charge >= 0.3 is 11.9 Å². The van der Waals surface area contributed by atoms with Gasteiger partial charge in [0, 0.05) is 12.3 Å². The molecule has 2 rings (SSSR count). The zero-order chi connectivity index (χ0) is 43.9. The van der Waals surface area contributed by atoms with Crippen LogP contribution in [0.15, 0.2) is 93.9 Å². The van der Waals surface area contributed by atoms with Crippen molar-refractivity contribution in [1.82, 2.24) is 0 Å². The molecule has 0 heterocycles. The summed E-state index contributed by atoms with van der Waals surface area (Å²) in [4.78, 5) is 25.3. The third kappa shape index (κ3) is 21.7. The number of carbonyl (C=O) groups excluding carboxylic acids is 2. The molecule has 0 fully saturated rings. The highest BCUT2D eigenvalue weighted by Gasteiger charge is 2.42. The molecule has 0 bridgehead atoms. The average Bonchev–Trinajstić information content (AvgIpc) is 3.15. The van der Waals surface area contributed by atoms with Crippen molar-refractivity contribution in [3.8, 4) is 0 Å². The number of allylic oxidation sites excluding steroid dienone is 14. The second kappa shape index (κ2) is 28.3. The second-order valence-corrected chi connectivity index (χ2v) is 18.0. The molecule has 0 amide bonds. The number of unbranched alkanes of at least 4 members (excludes halogenated alkanes) is 1. The van der Waals surface area contributed by atoms with Crippen molar-refractivity contribution in [3.05, 3.63) is 93.9 Å². The highest BCUT2D eigenvalue weighted by molar-refractivity contribution is 5.72. The van der Waals surface area contributed by atoms with Gasteiger partial charge in [-0.3, -0.25) is 9.59 Å². The lowest BCUT2D eigenvalue weighted by atomic mass is 9.66. The number of ether oxygens (including phenoxy) is 2. The molecule has 59 heavy (non-hydrogen) atoms. The van der Waals surface area contributed by atoms with Gasteiger partial charge in [0.25, 0.3) is 0 Å². The van der Waals surface area contributed by atoms with Crippen LogP contribution in [-0.4, -0.2) is 51.7 Å². The molecule has 0 unspecified atom stereocenters. The first-order valence-corrected chi connectivity index (χ1v) is 22.8. The maximum absolute atomic E-state index is 12.7. The Balaban J connectivity index is 1.69. The van der Waals surface area contributed by atoms with Gasteiger partial charge in [0.05, 0.1) is 30.7 Å². The second-order valence-electron chi connectivity index (χ2n) is 18.0. The Labute approximate surface area is 359 Å². The highest BCUT2D eigenvalue weighted by atomic mass is 16.5. The summed E-state index contributed by atoms with van der Waals surface area (Å²) in [5.41, 5.74) is 8.07. The lowest BCUT2D eigenvalue weighted by Gasteiger charge is -2.43. The fourth-order valence-electron chi connectivity index (χ4n) is 8.03. The zero-order valence-corrected chi connectivity index (χ0v) is 38.6. The molecular formula is C52H82O7. The number of esters is 2. The van der Waals surface area contributed by atoms with E-state index < -0.39 is 30.4 Å². The van der Waals surface area contributed by atoms with E-state index in [2.05, 4.69) is 84.9 Å². The Morgan fingerprint density at radius 3 is 1.85 bits per heavy atom. The minimum absolute atomic E-state index is 0.0676. The minimum Gasteiger partial charge on any atom is -0.461 e. The van der Waals surface area contributed by atoms with E-state index in [1.807, 2.05) is 32.1 Å². The summed E-state index contributed by atoms with van der Waals surface area (Å²) in [7, 11) is 0. The zero-order valence-electron chi connectivity index (χ0n) is 38.6. The van der Waals surface area contributed by atoms with Crippen molar-refractivity contribution in [2.75, 3.05) is 0 Å². The SMILES string of the molecule is CC[C@H](C)C(=O)O[C@H]1C[C@H](O)C=C2C=C[C@H](C)[C@H](CC[C@@H](O)C[C@@H](O)CC(=O)O/C(C)=C/CC/C(C)=C/CC/C(C)=C/CC/C=C(\C)CC/C=C(\C)CCC=C(C)C)[C@H]21. The number of aliphatic hydroxyl groups is 3. The molecule has 332 valence electrons. The molecule has 2 aliphatic carbocycles. The fourth-order valence-corrected chi connectivity index (χ4v) is 8.03. The van der Waals surface area contributed by atoms with E-state index in [1.165, 1.54) is 27.9 Å². The van der Waals surface area contributed by atoms with Crippen LogP contribution >= 0.6 is 0 Å². The first-order chi connectivity index (χ1) is 28.0. The number of hydrogen-bond acceptors (Lipinski definition) is 7. The largest absolute Gasteiger partial charge is 0.461 e. The van der Waals surface area contributed by atoms with E-state index in [0.29, 0.717) is 31.4 Å². The van der Waals surface area contributed by atoms with Crippen molar-refractivity contribution in [3.63, 3.8) is 0 Å². The summed E-state index contributed by atoms with van der Waals surface area (Å²) in [5, 5.41) is 32.0.